The minimum atomic E-state index is -4.78. The van der Waals surface area contributed by atoms with E-state index in [0.717, 1.165) is 37.2 Å². The van der Waals surface area contributed by atoms with Gasteiger partial charge < -0.3 is 15.0 Å². The fourth-order valence-corrected chi connectivity index (χ4v) is 4.32. The van der Waals surface area contributed by atoms with Gasteiger partial charge in [-0.3, -0.25) is 4.79 Å². The molecule has 0 unspecified atom stereocenters. The van der Waals surface area contributed by atoms with E-state index >= 15 is 0 Å². The van der Waals surface area contributed by atoms with Crippen molar-refractivity contribution in [2.45, 2.75) is 44.9 Å². The zero-order valence-corrected chi connectivity index (χ0v) is 18.2. The molecule has 1 saturated carbocycles. The molecule has 1 aromatic carbocycles. The maximum absolute atomic E-state index is 12.9. The van der Waals surface area contributed by atoms with Crippen LogP contribution in [0, 0.1) is 12.8 Å². The van der Waals surface area contributed by atoms with Crippen LogP contribution in [-0.2, 0) is 0 Å². The van der Waals surface area contributed by atoms with Gasteiger partial charge in [0.15, 0.2) is 0 Å². The van der Waals surface area contributed by atoms with Crippen LogP contribution in [0.3, 0.4) is 0 Å². The molecule has 1 amide bonds. The lowest BCUT2D eigenvalue weighted by Gasteiger charge is -2.27. The first-order chi connectivity index (χ1) is 15.8. The van der Waals surface area contributed by atoms with E-state index in [-0.39, 0.29) is 11.7 Å². The van der Waals surface area contributed by atoms with E-state index < -0.39 is 6.36 Å². The van der Waals surface area contributed by atoms with E-state index in [9.17, 15) is 18.0 Å². The number of amides is 1. The number of aryl methyl sites for hydroxylation is 1. The van der Waals surface area contributed by atoms with Gasteiger partial charge in [0.25, 0.3) is 5.91 Å². The topological polar surface area (TPSA) is 79.9 Å². The zero-order chi connectivity index (χ0) is 23.4. The van der Waals surface area contributed by atoms with Crippen LogP contribution in [0.4, 0.5) is 13.2 Å². The first kappa shape index (κ1) is 22.8. The Balaban J connectivity index is 1.39. The van der Waals surface area contributed by atoms with E-state index in [0.29, 0.717) is 35.2 Å². The standard InChI is InChI=1S/C24H25F3N4O2/c1-15-12-20(21(31-15)18-4-2-5-19(13-18)33-24(25,26)27)23(32)30-14-16-6-8-17(9-7-16)22-28-10-3-11-29-22/h2-5,10-13,16-17,31H,6-9,14H2,1H3,(H,30,32). The number of ether oxygens (including phenoxy) is 1. The number of rotatable bonds is 6. The largest absolute Gasteiger partial charge is 0.573 e. The highest BCUT2D eigenvalue weighted by Gasteiger charge is 2.31. The Bertz CT molecular complexity index is 1090. The lowest BCUT2D eigenvalue weighted by Crippen LogP contribution is -2.31. The number of aromatic amines is 1. The first-order valence-electron chi connectivity index (χ1n) is 10.9. The van der Waals surface area contributed by atoms with Gasteiger partial charge in [0.2, 0.25) is 0 Å². The number of hydrogen-bond donors (Lipinski definition) is 2. The molecule has 9 heteroatoms. The fraction of sp³-hybridized carbons (Fsp3) is 0.375. The fourth-order valence-electron chi connectivity index (χ4n) is 4.32. The number of halogens is 3. The van der Waals surface area contributed by atoms with Crippen LogP contribution in [0.2, 0.25) is 0 Å². The average Bonchev–Trinajstić information content (AvgIpc) is 3.19. The number of nitrogens with zero attached hydrogens (tertiary/aromatic N) is 2. The number of hydrogen-bond acceptors (Lipinski definition) is 4. The van der Waals surface area contributed by atoms with Gasteiger partial charge in [0.05, 0.1) is 11.3 Å². The molecular weight excluding hydrogens is 433 g/mol. The molecule has 0 atom stereocenters. The second-order valence-corrected chi connectivity index (χ2v) is 8.35. The Hall–Kier alpha value is -3.36. The summed E-state index contributed by atoms with van der Waals surface area (Å²) >= 11 is 0. The van der Waals surface area contributed by atoms with Crippen molar-refractivity contribution < 1.29 is 22.7 Å². The van der Waals surface area contributed by atoms with Crippen molar-refractivity contribution in [2.24, 2.45) is 5.92 Å². The number of H-pyrrole nitrogens is 1. The summed E-state index contributed by atoms with van der Waals surface area (Å²) in [5, 5.41) is 3.00. The molecule has 1 fully saturated rings. The molecule has 0 aliphatic heterocycles. The molecule has 2 aromatic heterocycles. The summed E-state index contributed by atoms with van der Waals surface area (Å²) in [5.74, 6) is 0.996. The zero-order valence-electron chi connectivity index (χ0n) is 18.2. The predicted octanol–water partition coefficient (Wildman–Crippen LogP) is 5.38. The lowest BCUT2D eigenvalue weighted by atomic mass is 9.81. The van der Waals surface area contributed by atoms with E-state index in [2.05, 4.69) is 25.0 Å². The van der Waals surface area contributed by atoms with Crippen molar-refractivity contribution in [3.05, 3.63) is 65.9 Å². The van der Waals surface area contributed by atoms with Gasteiger partial charge in [-0.1, -0.05) is 12.1 Å². The van der Waals surface area contributed by atoms with Crippen molar-refractivity contribution in [1.29, 1.82) is 0 Å². The van der Waals surface area contributed by atoms with Crippen molar-refractivity contribution >= 4 is 5.91 Å². The van der Waals surface area contributed by atoms with Crippen LogP contribution >= 0.6 is 0 Å². The maximum Gasteiger partial charge on any atom is 0.573 e. The number of carbonyl (C=O) groups excluding carboxylic acids is 1. The number of aromatic nitrogens is 3. The Morgan fingerprint density at radius 2 is 1.85 bits per heavy atom. The second-order valence-electron chi connectivity index (χ2n) is 8.35. The Morgan fingerprint density at radius 3 is 2.55 bits per heavy atom. The summed E-state index contributed by atoms with van der Waals surface area (Å²) in [7, 11) is 0. The molecule has 1 aliphatic carbocycles. The second kappa shape index (κ2) is 9.64. The number of alkyl halides is 3. The maximum atomic E-state index is 12.9. The van der Waals surface area contributed by atoms with E-state index in [4.69, 9.17) is 0 Å². The lowest BCUT2D eigenvalue weighted by molar-refractivity contribution is -0.274. The third-order valence-electron chi connectivity index (χ3n) is 5.90. The summed E-state index contributed by atoms with van der Waals surface area (Å²) in [6.45, 7) is 2.34. The third-order valence-corrected chi connectivity index (χ3v) is 5.90. The molecule has 33 heavy (non-hydrogen) atoms. The van der Waals surface area contributed by atoms with Crippen molar-refractivity contribution in [3.8, 4) is 17.0 Å². The highest BCUT2D eigenvalue weighted by Crippen LogP contribution is 2.34. The number of carbonyl (C=O) groups is 1. The smallest absolute Gasteiger partial charge is 0.406 e. The summed E-state index contributed by atoms with van der Waals surface area (Å²) in [6.07, 6.45) is 2.64. The van der Waals surface area contributed by atoms with E-state index in [1.54, 1.807) is 37.5 Å². The van der Waals surface area contributed by atoms with Crippen molar-refractivity contribution in [2.75, 3.05) is 6.54 Å². The molecule has 2 heterocycles. The summed E-state index contributed by atoms with van der Waals surface area (Å²) in [5.41, 5.74) is 2.03. The highest BCUT2D eigenvalue weighted by molar-refractivity contribution is 6.00. The minimum absolute atomic E-state index is 0.259. The average molecular weight is 458 g/mol. The van der Waals surface area contributed by atoms with Crippen LogP contribution in [0.5, 0.6) is 5.75 Å². The summed E-state index contributed by atoms with van der Waals surface area (Å²) in [6, 6.07) is 9.10. The van der Waals surface area contributed by atoms with Gasteiger partial charge in [0.1, 0.15) is 11.6 Å². The van der Waals surface area contributed by atoms with Gasteiger partial charge in [0, 0.05) is 36.1 Å². The molecule has 0 spiro atoms. The molecule has 1 aliphatic rings. The summed E-state index contributed by atoms with van der Waals surface area (Å²) in [4.78, 5) is 24.7. The predicted molar refractivity (Wildman–Crippen MR) is 117 cm³/mol. The summed E-state index contributed by atoms with van der Waals surface area (Å²) < 4.78 is 41.8. The van der Waals surface area contributed by atoms with Gasteiger partial charge >= 0.3 is 6.36 Å². The van der Waals surface area contributed by atoms with Gasteiger partial charge in [-0.2, -0.15) is 0 Å². The van der Waals surface area contributed by atoms with Crippen molar-refractivity contribution in [3.63, 3.8) is 0 Å². The van der Waals surface area contributed by atoms with Crippen LogP contribution in [0.25, 0.3) is 11.3 Å². The molecule has 0 radical (unpaired) electrons. The van der Waals surface area contributed by atoms with Gasteiger partial charge in [-0.15, -0.1) is 13.2 Å². The first-order valence-corrected chi connectivity index (χ1v) is 10.9. The third kappa shape index (κ3) is 5.91. The van der Waals surface area contributed by atoms with Crippen LogP contribution < -0.4 is 10.1 Å². The normalized spacial score (nSPS) is 18.7. The van der Waals surface area contributed by atoms with E-state index in [1.807, 2.05) is 0 Å². The number of nitrogens with one attached hydrogen (secondary N) is 2. The molecule has 3 aromatic rings. The van der Waals surface area contributed by atoms with E-state index in [1.165, 1.54) is 18.2 Å². The molecule has 0 saturated heterocycles. The van der Waals surface area contributed by atoms with Crippen LogP contribution in [-0.4, -0.2) is 33.8 Å². The Morgan fingerprint density at radius 1 is 1.12 bits per heavy atom. The Labute approximate surface area is 189 Å². The van der Waals surface area contributed by atoms with Crippen molar-refractivity contribution in [1.82, 2.24) is 20.3 Å². The van der Waals surface area contributed by atoms with Crippen LogP contribution in [0.15, 0.2) is 48.8 Å². The molecule has 4 rings (SSSR count). The number of benzene rings is 1. The minimum Gasteiger partial charge on any atom is -0.406 e. The van der Waals surface area contributed by atoms with Gasteiger partial charge in [-0.05, 0) is 62.8 Å². The van der Waals surface area contributed by atoms with Gasteiger partial charge in [-0.25, -0.2) is 9.97 Å². The molecule has 0 bridgehead atoms. The SMILES string of the molecule is Cc1cc(C(=O)NCC2CCC(c3ncccn3)CC2)c(-c2cccc(OC(F)(F)F)c2)[nH]1. The Kier molecular flexibility index (Phi) is 6.67. The molecule has 6 nitrogen and oxygen atoms in total. The quantitative estimate of drug-likeness (QED) is 0.520. The highest BCUT2D eigenvalue weighted by atomic mass is 19.4. The molecule has 2 N–H and O–H groups in total. The monoisotopic (exact) mass is 458 g/mol. The molecule has 174 valence electrons. The van der Waals surface area contributed by atoms with Crippen LogP contribution in [0.1, 0.15) is 53.5 Å². The molecular formula is C24H25F3N4O2.